The SMILES string of the molecule is CO[C@H]1CC[C@H](Cn2cc(-c3cnc4ccc(Cl)nc4c3)cn2)CC1. The zero-order valence-electron chi connectivity index (χ0n) is 14.2. The minimum Gasteiger partial charge on any atom is -0.381 e. The molecule has 1 aliphatic rings. The van der Waals surface area contributed by atoms with Gasteiger partial charge in [0, 0.05) is 37.2 Å². The van der Waals surface area contributed by atoms with Gasteiger partial charge >= 0.3 is 0 Å². The Bertz CT molecular complexity index is 871. The number of fused-ring (bicyclic) bond motifs is 1. The highest BCUT2D eigenvalue weighted by molar-refractivity contribution is 6.29. The molecule has 0 aliphatic heterocycles. The Morgan fingerprint density at radius 1 is 1.12 bits per heavy atom. The van der Waals surface area contributed by atoms with Crippen LogP contribution in [-0.2, 0) is 11.3 Å². The summed E-state index contributed by atoms with van der Waals surface area (Å²) < 4.78 is 7.49. The molecule has 25 heavy (non-hydrogen) atoms. The maximum atomic E-state index is 5.99. The van der Waals surface area contributed by atoms with E-state index in [0.29, 0.717) is 17.2 Å². The van der Waals surface area contributed by atoms with Gasteiger partial charge in [-0.2, -0.15) is 5.10 Å². The van der Waals surface area contributed by atoms with Gasteiger partial charge in [-0.05, 0) is 49.8 Å². The number of pyridine rings is 2. The fraction of sp³-hybridized carbons (Fsp3) is 0.421. The molecule has 0 amide bonds. The molecule has 3 heterocycles. The Balaban J connectivity index is 1.49. The van der Waals surface area contributed by atoms with Gasteiger partial charge in [0.05, 0.1) is 23.3 Å². The number of hydrogen-bond donors (Lipinski definition) is 0. The van der Waals surface area contributed by atoms with E-state index in [1.807, 2.05) is 36.3 Å². The summed E-state index contributed by atoms with van der Waals surface area (Å²) in [6, 6.07) is 5.65. The number of aromatic nitrogens is 4. The molecule has 5 nitrogen and oxygen atoms in total. The van der Waals surface area contributed by atoms with E-state index in [-0.39, 0.29) is 0 Å². The van der Waals surface area contributed by atoms with Gasteiger partial charge in [-0.3, -0.25) is 9.67 Å². The lowest BCUT2D eigenvalue weighted by molar-refractivity contribution is 0.0536. The van der Waals surface area contributed by atoms with E-state index in [0.717, 1.165) is 41.5 Å². The van der Waals surface area contributed by atoms with E-state index in [1.54, 1.807) is 6.07 Å². The molecule has 0 unspecified atom stereocenters. The molecule has 0 saturated heterocycles. The zero-order chi connectivity index (χ0) is 17.2. The molecule has 1 saturated carbocycles. The molecule has 130 valence electrons. The summed E-state index contributed by atoms with van der Waals surface area (Å²) in [5.41, 5.74) is 3.71. The highest BCUT2D eigenvalue weighted by Gasteiger charge is 2.21. The molecule has 3 aromatic rings. The molecule has 0 spiro atoms. The summed E-state index contributed by atoms with van der Waals surface area (Å²) in [5, 5.41) is 5.02. The molecular weight excluding hydrogens is 336 g/mol. The predicted molar refractivity (Wildman–Crippen MR) is 98.5 cm³/mol. The van der Waals surface area contributed by atoms with Crippen LogP contribution in [0, 0.1) is 5.92 Å². The molecule has 1 fully saturated rings. The van der Waals surface area contributed by atoms with Gasteiger partial charge in [0.15, 0.2) is 0 Å². The first-order valence-corrected chi connectivity index (χ1v) is 9.07. The van der Waals surface area contributed by atoms with Crippen LogP contribution in [0.4, 0.5) is 0 Å². The highest BCUT2D eigenvalue weighted by atomic mass is 35.5. The average Bonchev–Trinajstić information content (AvgIpc) is 3.10. The standard InChI is InChI=1S/C19H21ClN4O/c1-25-16-4-2-13(3-5-16)11-24-12-15(10-22-24)14-8-18-17(21-9-14)6-7-19(20)23-18/h6-10,12-13,16H,2-5,11H2,1H3/t13-,16-. The van der Waals surface area contributed by atoms with Crippen molar-refractivity contribution in [3.8, 4) is 11.1 Å². The highest BCUT2D eigenvalue weighted by Crippen LogP contribution is 2.28. The Morgan fingerprint density at radius 2 is 1.96 bits per heavy atom. The van der Waals surface area contributed by atoms with Crippen LogP contribution in [0.25, 0.3) is 22.2 Å². The van der Waals surface area contributed by atoms with Crippen molar-refractivity contribution in [3.05, 3.63) is 41.9 Å². The van der Waals surface area contributed by atoms with Gasteiger partial charge in [-0.25, -0.2) is 4.98 Å². The third kappa shape index (κ3) is 3.67. The minimum absolute atomic E-state index is 0.437. The third-order valence-electron chi connectivity index (χ3n) is 5.04. The molecule has 0 bridgehead atoms. The lowest BCUT2D eigenvalue weighted by Crippen LogP contribution is -2.23. The Kier molecular flexibility index (Phi) is 4.68. The first-order chi connectivity index (χ1) is 12.2. The van der Waals surface area contributed by atoms with Gasteiger partial charge in [0.25, 0.3) is 0 Å². The van der Waals surface area contributed by atoms with E-state index < -0.39 is 0 Å². The van der Waals surface area contributed by atoms with E-state index in [2.05, 4.69) is 21.3 Å². The summed E-state index contributed by atoms with van der Waals surface area (Å²) in [6.45, 7) is 0.960. The van der Waals surface area contributed by atoms with Crippen LogP contribution in [0.15, 0.2) is 36.8 Å². The summed E-state index contributed by atoms with van der Waals surface area (Å²) in [7, 11) is 1.81. The summed E-state index contributed by atoms with van der Waals surface area (Å²) in [4.78, 5) is 8.81. The van der Waals surface area contributed by atoms with Crippen molar-refractivity contribution in [1.82, 2.24) is 19.7 Å². The molecule has 0 atom stereocenters. The second-order valence-electron chi connectivity index (χ2n) is 6.73. The summed E-state index contributed by atoms with van der Waals surface area (Å²) in [6.07, 6.45) is 11.0. The maximum Gasteiger partial charge on any atom is 0.129 e. The van der Waals surface area contributed by atoms with Crippen LogP contribution in [-0.4, -0.2) is 33.0 Å². The second kappa shape index (κ2) is 7.10. The maximum absolute atomic E-state index is 5.99. The fourth-order valence-corrected chi connectivity index (χ4v) is 3.72. The minimum atomic E-state index is 0.437. The molecule has 6 heteroatoms. The number of rotatable bonds is 4. The van der Waals surface area contributed by atoms with Crippen LogP contribution >= 0.6 is 11.6 Å². The fourth-order valence-electron chi connectivity index (χ4n) is 3.57. The molecule has 0 aromatic carbocycles. The van der Waals surface area contributed by atoms with E-state index in [9.17, 15) is 0 Å². The Morgan fingerprint density at radius 3 is 2.76 bits per heavy atom. The molecule has 3 aromatic heterocycles. The van der Waals surface area contributed by atoms with Crippen molar-refractivity contribution in [2.75, 3.05) is 7.11 Å². The van der Waals surface area contributed by atoms with Gasteiger partial charge in [-0.1, -0.05) is 11.6 Å². The van der Waals surface area contributed by atoms with Crippen molar-refractivity contribution < 1.29 is 4.74 Å². The second-order valence-corrected chi connectivity index (χ2v) is 7.11. The third-order valence-corrected chi connectivity index (χ3v) is 5.25. The monoisotopic (exact) mass is 356 g/mol. The lowest BCUT2D eigenvalue weighted by Gasteiger charge is -2.27. The Labute approximate surface area is 152 Å². The van der Waals surface area contributed by atoms with Gasteiger partial charge in [0.2, 0.25) is 0 Å². The molecule has 4 rings (SSSR count). The van der Waals surface area contributed by atoms with E-state index in [4.69, 9.17) is 16.3 Å². The van der Waals surface area contributed by atoms with Crippen molar-refractivity contribution >= 4 is 22.6 Å². The lowest BCUT2D eigenvalue weighted by atomic mass is 9.87. The first kappa shape index (κ1) is 16.5. The molecular formula is C19H21ClN4O. The van der Waals surface area contributed by atoms with Crippen LogP contribution in [0.5, 0.6) is 0 Å². The summed E-state index contributed by atoms with van der Waals surface area (Å²) >= 11 is 5.99. The number of hydrogen-bond acceptors (Lipinski definition) is 4. The van der Waals surface area contributed by atoms with Crippen LogP contribution < -0.4 is 0 Å². The number of halogens is 1. The zero-order valence-corrected chi connectivity index (χ0v) is 15.0. The van der Waals surface area contributed by atoms with E-state index >= 15 is 0 Å². The largest absolute Gasteiger partial charge is 0.381 e. The van der Waals surface area contributed by atoms with Crippen molar-refractivity contribution in [2.24, 2.45) is 5.92 Å². The van der Waals surface area contributed by atoms with Crippen molar-refractivity contribution in [1.29, 1.82) is 0 Å². The van der Waals surface area contributed by atoms with Crippen LogP contribution in [0.3, 0.4) is 0 Å². The average molecular weight is 357 g/mol. The quantitative estimate of drug-likeness (QED) is 0.652. The first-order valence-electron chi connectivity index (χ1n) is 8.69. The topological polar surface area (TPSA) is 52.8 Å². The molecule has 1 aliphatic carbocycles. The number of ether oxygens (including phenoxy) is 1. The van der Waals surface area contributed by atoms with Gasteiger partial charge in [-0.15, -0.1) is 0 Å². The van der Waals surface area contributed by atoms with Gasteiger partial charge in [0.1, 0.15) is 5.15 Å². The predicted octanol–water partition coefficient (Wildman–Crippen LogP) is 4.35. The normalized spacial score (nSPS) is 20.9. The van der Waals surface area contributed by atoms with Crippen molar-refractivity contribution in [3.63, 3.8) is 0 Å². The van der Waals surface area contributed by atoms with E-state index in [1.165, 1.54) is 12.8 Å². The smallest absolute Gasteiger partial charge is 0.129 e. The van der Waals surface area contributed by atoms with Gasteiger partial charge < -0.3 is 4.74 Å². The van der Waals surface area contributed by atoms with Crippen LogP contribution in [0.1, 0.15) is 25.7 Å². The number of methoxy groups -OCH3 is 1. The Hall–Kier alpha value is -1.98. The number of nitrogens with zero attached hydrogens (tertiary/aromatic N) is 4. The summed E-state index contributed by atoms with van der Waals surface area (Å²) in [5.74, 6) is 0.675. The van der Waals surface area contributed by atoms with Crippen LogP contribution in [0.2, 0.25) is 5.15 Å². The molecule has 0 N–H and O–H groups in total. The molecule has 0 radical (unpaired) electrons. The van der Waals surface area contributed by atoms with Crippen molar-refractivity contribution in [2.45, 2.75) is 38.3 Å².